The molecule has 0 N–H and O–H groups in total. The van der Waals surface area contributed by atoms with Crippen LogP contribution < -0.4 is 0 Å². The van der Waals surface area contributed by atoms with Crippen LogP contribution in [-0.4, -0.2) is 54.9 Å². The predicted molar refractivity (Wildman–Crippen MR) is 97.8 cm³/mol. The minimum atomic E-state index is -0.724. The molecule has 0 aliphatic carbocycles. The summed E-state index contributed by atoms with van der Waals surface area (Å²) in [5.74, 6) is -0.508. The molecule has 2 saturated heterocycles. The summed E-state index contributed by atoms with van der Waals surface area (Å²) in [7, 11) is 0. The van der Waals surface area contributed by atoms with E-state index in [9.17, 15) is 9.59 Å². The number of hydrogen-bond donors (Lipinski definition) is 0. The maximum absolute atomic E-state index is 11.6. The molecule has 0 saturated carbocycles. The van der Waals surface area contributed by atoms with Crippen LogP contribution in [0, 0.1) is 17.8 Å². The Labute approximate surface area is 162 Å². The van der Waals surface area contributed by atoms with E-state index in [4.69, 9.17) is 23.7 Å². The molecule has 0 aromatic heterocycles. The molecule has 0 spiro atoms. The first-order valence-corrected chi connectivity index (χ1v) is 9.83. The molecule has 156 valence electrons. The van der Waals surface area contributed by atoms with Crippen LogP contribution in [0.1, 0.15) is 55.4 Å². The highest BCUT2D eigenvalue weighted by Crippen LogP contribution is 2.37. The first-order valence-electron chi connectivity index (χ1n) is 9.83. The third kappa shape index (κ3) is 5.00. The van der Waals surface area contributed by atoms with E-state index in [2.05, 4.69) is 6.92 Å². The molecule has 7 nitrogen and oxygen atoms in total. The van der Waals surface area contributed by atoms with Gasteiger partial charge in [-0.3, -0.25) is 9.59 Å². The van der Waals surface area contributed by atoms with Crippen molar-refractivity contribution in [2.45, 2.75) is 98.3 Å². The van der Waals surface area contributed by atoms with Gasteiger partial charge in [0.25, 0.3) is 0 Å². The molecule has 2 aliphatic heterocycles. The second-order valence-corrected chi connectivity index (χ2v) is 8.08. The van der Waals surface area contributed by atoms with Crippen molar-refractivity contribution in [3.8, 4) is 0 Å². The average molecular weight is 386 g/mol. The summed E-state index contributed by atoms with van der Waals surface area (Å²) < 4.78 is 29.4. The molecule has 0 bridgehead atoms. The lowest BCUT2D eigenvalue weighted by atomic mass is 9.83. The fourth-order valence-corrected chi connectivity index (χ4v) is 3.94. The average Bonchev–Trinajstić information content (AvgIpc) is 2.56. The molecule has 2 heterocycles. The summed E-state index contributed by atoms with van der Waals surface area (Å²) in [5, 5.41) is 0. The molecule has 0 amide bonds. The maximum atomic E-state index is 11.6. The van der Waals surface area contributed by atoms with E-state index in [0.717, 1.165) is 0 Å². The van der Waals surface area contributed by atoms with Crippen LogP contribution in [0.3, 0.4) is 0 Å². The number of rotatable bonds is 4. The van der Waals surface area contributed by atoms with Crippen LogP contribution in [0.25, 0.3) is 0 Å². The fourth-order valence-electron chi connectivity index (χ4n) is 3.94. The van der Waals surface area contributed by atoms with Crippen molar-refractivity contribution in [2.24, 2.45) is 17.8 Å². The number of carbonyl (C=O) groups is 2. The van der Waals surface area contributed by atoms with Crippen LogP contribution in [0.5, 0.6) is 0 Å². The van der Waals surface area contributed by atoms with Crippen molar-refractivity contribution < 1.29 is 33.3 Å². The topological polar surface area (TPSA) is 80.3 Å². The van der Waals surface area contributed by atoms with Crippen LogP contribution in [0.2, 0.25) is 0 Å². The molecular formula is C20H34O7. The molecule has 0 aromatic carbocycles. The summed E-state index contributed by atoms with van der Waals surface area (Å²) in [4.78, 5) is 23.2. The number of hydrogen-bond acceptors (Lipinski definition) is 7. The first kappa shape index (κ1) is 22.1. The summed E-state index contributed by atoms with van der Waals surface area (Å²) in [6.45, 7) is 14.7. The largest absolute Gasteiger partial charge is 0.457 e. The van der Waals surface area contributed by atoms with Crippen molar-refractivity contribution in [3.63, 3.8) is 0 Å². The van der Waals surface area contributed by atoms with E-state index < -0.39 is 24.6 Å². The predicted octanol–water partition coefficient (Wildman–Crippen LogP) is 2.70. The molecule has 7 heteroatoms. The van der Waals surface area contributed by atoms with E-state index in [1.165, 1.54) is 13.8 Å². The van der Waals surface area contributed by atoms with Crippen molar-refractivity contribution >= 4 is 11.9 Å². The van der Waals surface area contributed by atoms with Crippen molar-refractivity contribution in [2.75, 3.05) is 0 Å². The van der Waals surface area contributed by atoms with E-state index in [1.807, 2.05) is 34.6 Å². The molecule has 10 atom stereocenters. The molecule has 0 aromatic rings. The van der Waals surface area contributed by atoms with Gasteiger partial charge in [-0.05, 0) is 26.7 Å². The highest BCUT2D eigenvalue weighted by Gasteiger charge is 2.49. The van der Waals surface area contributed by atoms with Gasteiger partial charge in [0.1, 0.15) is 6.10 Å². The number of carbonyl (C=O) groups excluding carboxylic acids is 2. The minimum absolute atomic E-state index is 0.0305. The third-order valence-electron chi connectivity index (χ3n) is 6.07. The quantitative estimate of drug-likeness (QED) is 0.687. The Bertz CT molecular complexity index is 536. The van der Waals surface area contributed by atoms with Crippen molar-refractivity contribution in [1.82, 2.24) is 0 Å². The Morgan fingerprint density at radius 1 is 0.630 bits per heavy atom. The zero-order valence-electron chi connectivity index (χ0n) is 17.6. The summed E-state index contributed by atoms with van der Waals surface area (Å²) in [5.41, 5.74) is 0. The van der Waals surface area contributed by atoms with Gasteiger partial charge in [-0.1, -0.05) is 20.8 Å². The van der Waals surface area contributed by atoms with Gasteiger partial charge in [0.05, 0.1) is 18.3 Å². The molecule has 2 rings (SSSR count). The Balaban J connectivity index is 2.26. The van der Waals surface area contributed by atoms with Crippen molar-refractivity contribution in [1.29, 1.82) is 0 Å². The molecule has 2 aliphatic rings. The van der Waals surface area contributed by atoms with Gasteiger partial charge in [0, 0.05) is 25.7 Å². The van der Waals surface area contributed by atoms with Crippen molar-refractivity contribution in [3.05, 3.63) is 0 Å². The highest BCUT2D eigenvalue weighted by molar-refractivity contribution is 5.66. The summed E-state index contributed by atoms with van der Waals surface area (Å²) in [6.07, 6.45) is -2.65. The minimum Gasteiger partial charge on any atom is -0.457 e. The molecule has 4 unspecified atom stereocenters. The second-order valence-electron chi connectivity index (χ2n) is 8.08. The SMILES string of the molecule is CC(=O)OC1[C@H](O[C@@H]2C(OC(C)=O)[C@H](C)OC(C)[C@@H]2C)OC(C)[C@H](C)[C@@H]1C. The Kier molecular flexibility index (Phi) is 7.27. The summed E-state index contributed by atoms with van der Waals surface area (Å²) in [6, 6.07) is 0. The van der Waals surface area contributed by atoms with Gasteiger partial charge in [-0.25, -0.2) is 0 Å². The maximum Gasteiger partial charge on any atom is 0.303 e. The lowest BCUT2D eigenvalue weighted by molar-refractivity contribution is -0.316. The smallest absolute Gasteiger partial charge is 0.303 e. The highest BCUT2D eigenvalue weighted by atomic mass is 16.7. The van der Waals surface area contributed by atoms with E-state index in [0.29, 0.717) is 0 Å². The lowest BCUT2D eigenvalue weighted by Gasteiger charge is -2.48. The Morgan fingerprint density at radius 2 is 1.15 bits per heavy atom. The normalized spacial score (nSPS) is 45.2. The van der Waals surface area contributed by atoms with Crippen LogP contribution in [-0.2, 0) is 33.3 Å². The zero-order chi connectivity index (χ0) is 20.5. The van der Waals surface area contributed by atoms with Crippen LogP contribution in [0.4, 0.5) is 0 Å². The van der Waals surface area contributed by atoms with Gasteiger partial charge >= 0.3 is 11.9 Å². The Hall–Kier alpha value is -1.18. The second kappa shape index (κ2) is 8.88. The summed E-state index contributed by atoms with van der Waals surface area (Å²) >= 11 is 0. The van der Waals surface area contributed by atoms with Gasteiger partial charge in [0.15, 0.2) is 18.5 Å². The molecule has 27 heavy (non-hydrogen) atoms. The van der Waals surface area contributed by atoms with Gasteiger partial charge in [-0.15, -0.1) is 0 Å². The van der Waals surface area contributed by atoms with Crippen LogP contribution in [0.15, 0.2) is 0 Å². The molecular weight excluding hydrogens is 352 g/mol. The molecule has 2 fully saturated rings. The monoisotopic (exact) mass is 386 g/mol. The first-order chi connectivity index (χ1) is 12.5. The zero-order valence-corrected chi connectivity index (χ0v) is 17.6. The molecule has 0 radical (unpaired) electrons. The van der Waals surface area contributed by atoms with Gasteiger partial charge in [-0.2, -0.15) is 0 Å². The van der Waals surface area contributed by atoms with Gasteiger partial charge < -0.3 is 23.7 Å². The van der Waals surface area contributed by atoms with E-state index >= 15 is 0 Å². The van der Waals surface area contributed by atoms with E-state index in [-0.39, 0.29) is 48.0 Å². The fraction of sp³-hybridized carbons (Fsp3) is 0.900. The van der Waals surface area contributed by atoms with Gasteiger partial charge in [0.2, 0.25) is 0 Å². The number of ether oxygens (including phenoxy) is 5. The number of esters is 2. The lowest BCUT2D eigenvalue weighted by Crippen LogP contribution is -2.59. The standard InChI is InChI=1S/C20H34O7/c1-9-10(2)18(25-15(7)21)20(24-12(9)4)27-17-11(3)13(5)23-14(6)19(17)26-16(8)22/h9-14,17-20H,1-8H3/t9-,10+,11+,12?,13?,14+,17+,18?,19?,20+/m1/s1. The third-order valence-corrected chi connectivity index (χ3v) is 6.07. The van der Waals surface area contributed by atoms with E-state index in [1.54, 1.807) is 0 Å². The Morgan fingerprint density at radius 3 is 1.70 bits per heavy atom. The van der Waals surface area contributed by atoms with Crippen LogP contribution >= 0.6 is 0 Å².